The Kier molecular flexibility index (Phi) is 2.12. The molecule has 0 radical (unpaired) electrons. The number of benzene rings is 1. The molecule has 0 saturated carbocycles. The van der Waals surface area contributed by atoms with Crippen LogP contribution in [0.5, 0.6) is 0 Å². The predicted octanol–water partition coefficient (Wildman–Crippen LogP) is 1.22. The van der Waals surface area contributed by atoms with Gasteiger partial charge in [0.25, 0.3) is 0 Å². The van der Waals surface area contributed by atoms with Crippen LogP contribution in [0.2, 0.25) is 0 Å². The summed E-state index contributed by atoms with van der Waals surface area (Å²) in [5, 5.41) is 0.667. The fourth-order valence-corrected chi connectivity index (χ4v) is 2.02. The minimum Gasteiger partial charge on any atom is -0.398 e. The number of fused-ring (bicyclic) bond motifs is 1. The highest BCUT2D eigenvalue weighted by Gasteiger charge is 2.08. The van der Waals surface area contributed by atoms with Crippen LogP contribution < -0.4 is 5.73 Å². The summed E-state index contributed by atoms with van der Waals surface area (Å²) in [5.74, 6) is 0. The molecule has 0 unspecified atom stereocenters. The lowest BCUT2D eigenvalue weighted by molar-refractivity contribution is 0.602. The monoisotopic (exact) mass is 222 g/mol. The van der Waals surface area contributed by atoms with Gasteiger partial charge in [-0.2, -0.15) is 0 Å². The predicted molar refractivity (Wildman–Crippen MR) is 59.3 cm³/mol. The van der Waals surface area contributed by atoms with Gasteiger partial charge in [0.2, 0.25) is 0 Å². The molecule has 15 heavy (non-hydrogen) atoms. The Morgan fingerprint density at radius 3 is 2.67 bits per heavy atom. The molecule has 2 rings (SSSR count). The second-order valence-electron chi connectivity index (χ2n) is 3.35. The van der Waals surface area contributed by atoms with E-state index in [1.807, 2.05) is 0 Å². The van der Waals surface area contributed by atoms with E-state index < -0.39 is 9.84 Å². The van der Waals surface area contributed by atoms with Crippen molar-refractivity contribution in [1.29, 1.82) is 0 Å². The van der Waals surface area contributed by atoms with E-state index in [9.17, 15) is 8.42 Å². The molecule has 4 nitrogen and oxygen atoms in total. The maximum Gasteiger partial charge on any atom is 0.175 e. The second-order valence-corrected chi connectivity index (χ2v) is 5.37. The third-order valence-electron chi connectivity index (χ3n) is 2.17. The van der Waals surface area contributed by atoms with E-state index in [0.717, 1.165) is 0 Å². The number of hydrogen-bond acceptors (Lipinski definition) is 4. The van der Waals surface area contributed by atoms with Gasteiger partial charge in [0, 0.05) is 23.5 Å². The Balaban J connectivity index is 2.81. The Morgan fingerprint density at radius 1 is 1.27 bits per heavy atom. The van der Waals surface area contributed by atoms with Crippen molar-refractivity contribution in [3.63, 3.8) is 0 Å². The average Bonchev–Trinajstić information content (AvgIpc) is 2.16. The first kappa shape index (κ1) is 9.92. The highest BCUT2D eigenvalue weighted by atomic mass is 32.2. The number of nitrogens with zero attached hydrogens (tertiary/aromatic N) is 1. The summed E-state index contributed by atoms with van der Waals surface area (Å²) < 4.78 is 22.7. The Morgan fingerprint density at radius 2 is 2.00 bits per heavy atom. The van der Waals surface area contributed by atoms with E-state index in [4.69, 9.17) is 5.73 Å². The van der Waals surface area contributed by atoms with Crippen LogP contribution in [-0.4, -0.2) is 19.7 Å². The molecule has 0 fully saturated rings. The van der Waals surface area contributed by atoms with Crippen LogP contribution in [0.25, 0.3) is 10.9 Å². The number of anilines is 1. The summed E-state index contributed by atoms with van der Waals surface area (Å²) >= 11 is 0. The van der Waals surface area contributed by atoms with Gasteiger partial charge in [-0.05, 0) is 24.3 Å². The highest BCUT2D eigenvalue weighted by Crippen LogP contribution is 2.22. The Hall–Kier alpha value is -1.62. The number of nitrogens with two attached hydrogens (primary N) is 1. The van der Waals surface area contributed by atoms with Crippen LogP contribution in [0.4, 0.5) is 5.69 Å². The number of sulfone groups is 1. The van der Waals surface area contributed by atoms with Crippen molar-refractivity contribution in [3.05, 3.63) is 30.5 Å². The average molecular weight is 222 g/mol. The molecule has 2 aromatic rings. The molecule has 0 aliphatic carbocycles. The first-order valence-corrected chi connectivity index (χ1v) is 6.22. The summed E-state index contributed by atoms with van der Waals surface area (Å²) in [4.78, 5) is 4.35. The Labute approximate surface area is 87.7 Å². The van der Waals surface area contributed by atoms with Crippen LogP contribution >= 0.6 is 0 Å². The van der Waals surface area contributed by atoms with Crippen molar-refractivity contribution in [3.8, 4) is 0 Å². The van der Waals surface area contributed by atoms with Crippen molar-refractivity contribution in [2.45, 2.75) is 4.90 Å². The van der Waals surface area contributed by atoms with Crippen LogP contribution in [-0.2, 0) is 9.84 Å². The van der Waals surface area contributed by atoms with Crippen LogP contribution in [0, 0.1) is 0 Å². The lowest BCUT2D eigenvalue weighted by Gasteiger charge is -2.03. The number of pyridine rings is 1. The molecule has 78 valence electrons. The van der Waals surface area contributed by atoms with Crippen molar-refractivity contribution in [2.75, 3.05) is 12.0 Å². The third-order valence-corrected chi connectivity index (χ3v) is 3.29. The van der Waals surface area contributed by atoms with Gasteiger partial charge < -0.3 is 5.73 Å². The SMILES string of the molecule is CS(=O)(=O)c1ccc2nccc(N)c2c1. The van der Waals surface area contributed by atoms with E-state index in [0.29, 0.717) is 16.6 Å². The van der Waals surface area contributed by atoms with E-state index in [1.165, 1.54) is 12.3 Å². The van der Waals surface area contributed by atoms with E-state index in [-0.39, 0.29) is 4.90 Å². The zero-order chi connectivity index (χ0) is 11.1. The van der Waals surface area contributed by atoms with Crippen LogP contribution in [0.15, 0.2) is 35.4 Å². The summed E-state index contributed by atoms with van der Waals surface area (Å²) in [6.45, 7) is 0. The molecule has 1 aromatic carbocycles. The molecular weight excluding hydrogens is 212 g/mol. The molecule has 2 N–H and O–H groups in total. The molecular formula is C10H10N2O2S. The molecule has 0 amide bonds. The summed E-state index contributed by atoms with van der Waals surface area (Å²) in [6.07, 6.45) is 2.76. The van der Waals surface area contributed by atoms with E-state index in [1.54, 1.807) is 24.4 Å². The minimum atomic E-state index is -3.19. The fourth-order valence-electron chi connectivity index (χ4n) is 1.38. The molecule has 5 heteroatoms. The quantitative estimate of drug-likeness (QED) is 0.787. The van der Waals surface area contributed by atoms with Gasteiger partial charge >= 0.3 is 0 Å². The molecule has 1 heterocycles. The van der Waals surface area contributed by atoms with Crippen molar-refractivity contribution in [2.24, 2.45) is 0 Å². The zero-order valence-electron chi connectivity index (χ0n) is 8.14. The highest BCUT2D eigenvalue weighted by molar-refractivity contribution is 7.90. The number of hydrogen-bond donors (Lipinski definition) is 1. The second kappa shape index (κ2) is 3.20. The molecule has 0 spiro atoms. The Bertz CT molecular complexity index is 620. The van der Waals surface area contributed by atoms with Crippen LogP contribution in [0.3, 0.4) is 0 Å². The first-order chi connectivity index (χ1) is 6.98. The van der Waals surface area contributed by atoms with Gasteiger partial charge in [0.15, 0.2) is 9.84 Å². The fraction of sp³-hybridized carbons (Fsp3) is 0.100. The number of nitrogen functional groups attached to an aromatic ring is 1. The molecule has 0 aliphatic rings. The molecule has 1 aromatic heterocycles. The standard InChI is InChI=1S/C10H10N2O2S/c1-15(13,14)7-2-3-10-8(6-7)9(11)4-5-12-10/h2-6H,1H3,(H2,11,12). The van der Waals surface area contributed by atoms with Gasteiger partial charge in [0.05, 0.1) is 10.4 Å². The lowest BCUT2D eigenvalue weighted by atomic mass is 10.2. The van der Waals surface area contributed by atoms with Gasteiger partial charge in [-0.1, -0.05) is 0 Å². The third kappa shape index (κ3) is 1.78. The van der Waals surface area contributed by atoms with Crippen molar-refractivity contribution >= 4 is 26.4 Å². The summed E-state index contributed by atoms with van der Waals surface area (Å²) in [6, 6.07) is 6.38. The van der Waals surface area contributed by atoms with Gasteiger partial charge in [-0.25, -0.2) is 8.42 Å². The molecule has 0 aliphatic heterocycles. The zero-order valence-corrected chi connectivity index (χ0v) is 8.95. The molecule has 0 atom stereocenters. The minimum absolute atomic E-state index is 0.259. The smallest absolute Gasteiger partial charge is 0.175 e. The summed E-state index contributed by atoms with van der Waals surface area (Å²) in [5.41, 5.74) is 6.96. The van der Waals surface area contributed by atoms with Gasteiger partial charge in [0.1, 0.15) is 0 Å². The maximum absolute atomic E-state index is 11.3. The van der Waals surface area contributed by atoms with E-state index in [2.05, 4.69) is 4.98 Å². The largest absolute Gasteiger partial charge is 0.398 e. The van der Waals surface area contributed by atoms with Crippen molar-refractivity contribution < 1.29 is 8.42 Å². The molecule has 0 bridgehead atoms. The summed E-state index contributed by atoms with van der Waals surface area (Å²) in [7, 11) is -3.19. The number of rotatable bonds is 1. The van der Waals surface area contributed by atoms with Crippen LogP contribution in [0.1, 0.15) is 0 Å². The van der Waals surface area contributed by atoms with Crippen molar-refractivity contribution in [1.82, 2.24) is 4.98 Å². The number of aromatic nitrogens is 1. The maximum atomic E-state index is 11.3. The van der Waals surface area contributed by atoms with Gasteiger partial charge in [-0.15, -0.1) is 0 Å². The first-order valence-electron chi connectivity index (χ1n) is 4.33. The lowest BCUT2D eigenvalue weighted by Crippen LogP contribution is -1.97. The van der Waals surface area contributed by atoms with Gasteiger partial charge in [-0.3, -0.25) is 4.98 Å². The van der Waals surface area contributed by atoms with E-state index >= 15 is 0 Å². The normalized spacial score (nSPS) is 11.8. The topological polar surface area (TPSA) is 73.0 Å². The molecule has 0 saturated heterocycles.